The van der Waals surface area contributed by atoms with Gasteiger partial charge >= 0.3 is 0 Å². The summed E-state index contributed by atoms with van der Waals surface area (Å²) in [6.45, 7) is 4.02. The average Bonchev–Trinajstić information content (AvgIpc) is 3.10. The fraction of sp³-hybridized carbons (Fsp3) is 0.278. The van der Waals surface area contributed by atoms with Gasteiger partial charge < -0.3 is 5.32 Å². The second kappa shape index (κ2) is 5.01. The van der Waals surface area contributed by atoms with Gasteiger partial charge in [-0.05, 0) is 24.1 Å². The van der Waals surface area contributed by atoms with Gasteiger partial charge in [0.15, 0.2) is 0 Å². The number of aromatic nitrogens is 2. The van der Waals surface area contributed by atoms with Crippen molar-refractivity contribution in [2.45, 2.75) is 32.5 Å². The minimum absolute atomic E-state index is 0.379. The molecule has 1 N–H and O–H groups in total. The number of aryl methyl sites for hydroxylation is 1. The van der Waals surface area contributed by atoms with E-state index in [2.05, 4.69) is 65.5 Å². The minimum atomic E-state index is 0.379. The van der Waals surface area contributed by atoms with E-state index in [9.17, 15) is 0 Å². The Morgan fingerprint density at radius 3 is 2.86 bits per heavy atom. The molecule has 0 fully saturated rings. The molecule has 0 radical (unpaired) electrons. The number of fused-ring (bicyclic) bond motifs is 2. The summed E-state index contributed by atoms with van der Waals surface area (Å²) in [4.78, 5) is 0. The highest BCUT2D eigenvalue weighted by Crippen LogP contribution is 2.30. The van der Waals surface area contributed by atoms with E-state index in [4.69, 9.17) is 5.10 Å². The van der Waals surface area contributed by atoms with E-state index in [0.29, 0.717) is 6.04 Å². The Bertz CT molecular complexity index is 788. The van der Waals surface area contributed by atoms with Crippen LogP contribution in [0.2, 0.25) is 0 Å². The zero-order valence-electron chi connectivity index (χ0n) is 12.2. The second-order valence-electron chi connectivity index (χ2n) is 5.62. The van der Waals surface area contributed by atoms with Crippen molar-refractivity contribution in [3.05, 3.63) is 65.4 Å². The first-order chi connectivity index (χ1) is 10.4. The highest BCUT2D eigenvalue weighted by Gasteiger charge is 2.23. The lowest BCUT2D eigenvalue weighted by Crippen LogP contribution is -2.15. The molecular formula is C18H19N3. The van der Waals surface area contributed by atoms with E-state index in [-0.39, 0.29) is 0 Å². The predicted molar refractivity (Wildman–Crippen MR) is 85.1 cm³/mol. The summed E-state index contributed by atoms with van der Waals surface area (Å²) in [7, 11) is 0. The van der Waals surface area contributed by atoms with E-state index in [1.807, 2.05) is 0 Å². The first kappa shape index (κ1) is 12.6. The molecule has 3 heteroatoms. The molecule has 3 nitrogen and oxygen atoms in total. The van der Waals surface area contributed by atoms with Gasteiger partial charge in [-0.25, -0.2) is 0 Å². The Hall–Kier alpha value is -2.13. The van der Waals surface area contributed by atoms with Gasteiger partial charge in [0.25, 0.3) is 0 Å². The van der Waals surface area contributed by atoms with Crippen molar-refractivity contribution in [1.82, 2.24) is 15.1 Å². The monoisotopic (exact) mass is 277 g/mol. The Morgan fingerprint density at radius 1 is 1.14 bits per heavy atom. The van der Waals surface area contributed by atoms with Crippen molar-refractivity contribution in [2.24, 2.45) is 0 Å². The molecule has 106 valence electrons. The molecule has 1 aromatic heterocycles. The van der Waals surface area contributed by atoms with Crippen LogP contribution in [0.25, 0.3) is 10.9 Å². The van der Waals surface area contributed by atoms with Gasteiger partial charge in [0.2, 0.25) is 0 Å². The van der Waals surface area contributed by atoms with Gasteiger partial charge in [0.1, 0.15) is 0 Å². The van der Waals surface area contributed by atoms with Crippen LogP contribution in [0.15, 0.2) is 48.5 Å². The third-order valence-electron chi connectivity index (χ3n) is 4.40. The summed E-state index contributed by atoms with van der Waals surface area (Å²) in [5, 5.41) is 9.72. The number of para-hydroxylation sites is 1. The molecule has 0 bridgehead atoms. The van der Waals surface area contributed by atoms with Crippen LogP contribution >= 0.6 is 0 Å². The molecular weight excluding hydrogens is 258 g/mol. The SMILES string of the molecule is CCn1nc(CC2NCc3ccccc32)c2ccccc21. The number of nitrogens with one attached hydrogen (secondary N) is 1. The number of hydrogen-bond donors (Lipinski definition) is 1. The standard InChI is InChI=1S/C18H19N3/c1-2-21-18-10-6-5-9-15(18)17(20-21)11-16-14-8-4-3-7-13(14)12-19-16/h3-10,16,19H,2,11-12H2,1H3. The first-order valence-electron chi connectivity index (χ1n) is 7.62. The number of nitrogens with zero attached hydrogens (tertiary/aromatic N) is 2. The lowest BCUT2D eigenvalue weighted by atomic mass is 10.00. The van der Waals surface area contributed by atoms with Gasteiger partial charge in [0.05, 0.1) is 11.2 Å². The fourth-order valence-corrected chi connectivity index (χ4v) is 3.34. The first-order valence-corrected chi connectivity index (χ1v) is 7.62. The number of hydrogen-bond acceptors (Lipinski definition) is 2. The van der Waals surface area contributed by atoms with Crippen molar-refractivity contribution in [2.75, 3.05) is 0 Å². The smallest absolute Gasteiger partial charge is 0.0722 e. The summed E-state index contributed by atoms with van der Waals surface area (Å²) in [6.07, 6.45) is 0.949. The van der Waals surface area contributed by atoms with E-state index >= 15 is 0 Å². The van der Waals surface area contributed by atoms with E-state index in [1.54, 1.807) is 0 Å². The molecule has 0 amide bonds. The average molecular weight is 277 g/mol. The zero-order chi connectivity index (χ0) is 14.2. The second-order valence-corrected chi connectivity index (χ2v) is 5.62. The molecule has 0 aliphatic carbocycles. The highest BCUT2D eigenvalue weighted by atomic mass is 15.3. The van der Waals surface area contributed by atoms with Gasteiger partial charge in [-0.1, -0.05) is 42.5 Å². The Morgan fingerprint density at radius 2 is 1.95 bits per heavy atom. The van der Waals surface area contributed by atoms with Crippen molar-refractivity contribution >= 4 is 10.9 Å². The van der Waals surface area contributed by atoms with E-state index in [0.717, 1.165) is 19.5 Å². The molecule has 0 saturated heterocycles. The molecule has 0 saturated carbocycles. The molecule has 1 aliphatic heterocycles. The third-order valence-corrected chi connectivity index (χ3v) is 4.40. The summed E-state index contributed by atoms with van der Waals surface area (Å²) in [5.41, 5.74) is 5.28. The molecule has 1 aliphatic rings. The predicted octanol–water partition coefficient (Wildman–Crippen LogP) is 3.44. The lowest BCUT2D eigenvalue weighted by molar-refractivity contribution is 0.565. The number of rotatable bonds is 3. The largest absolute Gasteiger partial charge is 0.305 e. The summed E-state index contributed by atoms with van der Waals surface area (Å²) in [6, 6.07) is 17.6. The molecule has 0 spiro atoms. The molecule has 1 unspecified atom stereocenters. The summed E-state index contributed by atoms with van der Waals surface area (Å²) < 4.78 is 2.10. The van der Waals surface area contributed by atoms with Gasteiger partial charge in [-0.3, -0.25) is 4.68 Å². The van der Waals surface area contributed by atoms with Crippen LogP contribution in [0.1, 0.15) is 29.8 Å². The molecule has 2 aromatic carbocycles. The third kappa shape index (κ3) is 2.05. The van der Waals surface area contributed by atoms with E-state index < -0.39 is 0 Å². The van der Waals surface area contributed by atoms with Gasteiger partial charge in [-0.2, -0.15) is 5.10 Å². The van der Waals surface area contributed by atoms with Crippen molar-refractivity contribution in [1.29, 1.82) is 0 Å². The van der Waals surface area contributed by atoms with Crippen molar-refractivity contribution in [3.8, 4) is 0 Å². The maximum Gasteiger partial charge on any atom is 0.0722 e. The molecule has 2 heterocycles. The van der Waals surface area contributed by atoms with Crippen LogP contribution < -0.4 is 5.32 Å². The molecule has 1 atom stereocenters. The topological polar surface area (TPSA) is 29.9 Å². The maximum absolute atomic E-state index is 4.82. The van der Waals surface area contributed by atoms with Crippen LogP contribution in [0.4, 0.5) is 0 Å². The van der Waals surface area contributed by atoms with E-state index in [1.165, 1.54) is 27.7 Å². The summed E-state index contributed by atoms with van der Waals surface area (Å²) >= 11 is 0. The van der Waals surface area contributed by atoms with Crippen molar-refractivity contribution < 1.29 is 0 Å². The van der Waals surface area contributed by atoms with Crippen LogP contribution in [-0.4, -0.2) is 9.78 Å². The van der Waals surface area contributed by atoms with Crippen LogP contribution in [-0.2, 0) is 19.5 Å². The Balaban J connectivity index is 1.73. The summed E-state index contributed by atoms with van der Waals surface area (Å²) in [5.74, 6) is 0. The van der Waals surface area contributed by atoms with Gasteiger partial charge in [0, 0.05) is 30.9 Å². The lowest BCUT2D eigenvalue weighted by Gasteiger charge is -2.10. The maximum atomic E-state index is 4.82. The van der Waals surface area contributed by atoms with Crippen LogP contribution in [0.5, 0.6) is 0 Å². The van der Waals surface area contributed by atoms with Crippen molar-refractivity contribution in [3.63, 3.8) is 0 Å². The highest BCUT2D eigenvalue weighted by molar-refractivity contribution is 5.82. The Kier molecular flexibility index (Phi) is 3.00. The minimum Gasteiger partial charge on any atom is -0.305 e. The van der Waals surface area contributed by atoms with Gasteiger partial charge in [-0.15, -0.1) is 0 Å². The quantitative estimate of drug-likeness (QED) is 0.794. The Labute approximate surface area is 124 Å². The zero-order valence-corrected chi connectivity index (χ0v) is 12.2. The normalized spacial score (nSPS) is 17.3. The molecule has 4 rings (SSSR count). The van der Waals surface area contributed by atoms with Crippen LogP contribution in [0, 0.1) is 0 Å². The molecule has 21 heavy (non-hydrogen) atoms. The molecule has 3 aromatic rings. The number of benzene rings is 2. The fourth-order valence-electron chi connectivity index (χ4n) is 3.34. The van der Waals surface area contributed by atoms with Crippen LogP contribution in [0.3, 0.4) is 0 Å².